The van der Waals surface area contributed by atoms with Crippen LogP contribution < -0.4 is 0 Å². The first-order valence-corrected chi connectivity index (χ1v) is 7.37. The standard InChI is InChI=1S/C21H22/c1-5-11-16(7-3)21-19(12-6-2)17(8-4)15-18-13-9-10-14-20(18)21/h5-15H,4H2,1-3H3/b11-5-,12-6-,16-7+. The third-order valence-corrected chi connectivity index (χ3v) is 3.62. The maximum atomic E-state index is 3.98. The van der Waals surface area contributed by atoms with E-state index in [4.69, 9.17) is 0 Å². The molecule has 0 aliphatic carbocycles. The molecule has 0 heteroatoms. The SMILES string of the molecule is C=Cc1cc2ccccc2c(C(/C=C\C)=C/C)c1/C=C\C. The van der Waals surface area contributed by atoms with Gasteiger partial charge in [0.2, 0.25) is 0 Å². The summed E-state index contributed by atoms with van der Waals surface area (Å²) in [5, 5.41) is 2.53. The Labute approximate surface area is 127 Å². The molecular formula is C21H22. The fourth-order valence-corrected chi connectivity index (χ4v) is 2.71. The lowest BCUT2D eigenvalue weighted by Crippen LogP contribution is -1.94. The topological polar surface area (TPSA) is 0 Å². The number of allylic oxidation sites excluding steroid dienone is 5. The first kappa shape index (κ1) is 15.1. The quantitative estimate of drug-likeness (QED) is 0.558. The fourth-order valence-electron chi connectivity index (χ4n) is 2.71. The molecule has 106 valence electrons. The van der Waals surface area contributed by atoms with Gasteiger partial charge in [0.05, 0.1) is 0 Å². The monoisotopic (exact) mass is 274 g/mol. The second-order valence-electron chi connectivity index (χ2n) is 4.92. The zero-order valence-corrected chi connectivity index (χ0v) is 13.1. The number of hydrogen-bond acceptors (Lipinski definition) is 0. The second kappa shape index (κ2) is 6.90. The van der Waals surface area contributed by atoms with Crippen LogP contribution in [0.5, 0.6) is 0 Å². The van der Waals surface area contributed by atoms with E-state index in [2.05, 4.69) is 88.1 Å². The molecule has 0 aliphatic heterocycles. The molecule has 21 heavy (non-hydrogen) atoms. The lowest BCUT2D eigenvalue weighted by Gasteiger charge is -2.15. The Hall–Kier alpha value is -2.34. The molecule has 0 fully saturated rings. The van der Waals surface area contributed by atoms with Crippen molar-refractivity contribution in [3.05, 3.63) is 77.9 Å². The number of hydrogen-bond donors (Lipinski definition) is 0. The molecule has 0 heterocycles. The highest BCUT2D eigenvalue weighted by atomic mass is 14.1. The predicted octanol–water partition coefficient (Wildman–Crippen LogP) is 6.50. The maximum absolute atomic E-state index is 3.98. The molecule has 0 aromatic heterocycles. The molecule has 0 N–H and O–H groups in total. The molecule has 2 rings (SSSR count). The second-order valence-corrected chi connectivity index (χ2v) is 4.92. The lowest BCUT2D eigenvalue weighted by molar-refractivity contribution is 1.57. The van der Waals surface area contributed by atoms with Crippen LogP contribution in [0.3, 0.4) is 0 Å². The van der Waals surface area contributed by atoms with Crippen LogP contribution in [0.4, 0.5) is 0 Å². The van der Waals surface area contributed by atoms with E-state index >= 15 is 0 Å². The zero-order chi connectivity index (χ0) is 15.2. The third kappa shape index (κ3) is 2.90. The average Bonchev–Trinajstić information content (AvgIpc) is 2.52. The molecule has 0 bridgehead atoms. The molecule has 0 atom stereocenters. The summed E-state index contributed by atoms with van der Waals surface area (Å²) in [6.45, 7) is 10.2. The van der Waals surface area contributed by atoms with E-state index in [9.17, 15) is 0 Å². The van der Waals surface area contributed by atoms with Crippen LogP contribution >= 0.6 is 0 Å². The molecule has 0 spiro atoms. The van der Waals surface area contributed by atoms with Crippen molar-refractivity contribution in [2.24, 2.45) is 0 Å². The Morgan fingerprint density at radius 1 is 1.05 bits per heavy atom. The van der Waals surface area contributed by atoms with Crippen molar-refractivity contribution in [3.8, 4) is 0 Å². The van der Waals surface area contributed by atoms with Crippen LogP contribution in [0.2, 0.25) is 0 Å². The Balaban J connectivity index is 2.97. The smallest absolute Gasteiger partial charge is 0.00304 e. The van der Waals surface area contributed by atoms with Gasteiger partial charge in [-0.1, -0.05) is 67.3 Å². The largest absolute Gasteiger partial charge is 0.0984 e. The molecule has 2 aromatic carbocycles. The Kier molecular flexibility index (Phi) is 4.94. The molecule has 2 aromatic rings. The van der Waals surface area contributed by atoms with Crippen LogP contribution in [-0.2, 0) is 0 Å². The highest BCUT2D eigenvalue weighted by molar-refractivity contribution is 6.01. The lowest BCUT2D eigenvalue weighted by atomic mass is 9.89. The summed E-state index contributed by atoms with van der Waals surface area (Å²) in [6, 6.07) is 10.7. The van der Waals surface area contributed by atoms with Gasteiger partial charge < -0.3 is 0 Å². The van der Waals surface area contributed by atoms with Gasteiger partial charge in [0, 0.05) is 0 Å². The van der Waals surface area contributed by atoms with E-state index in [1.54, 1.807) is 0 Å². The van der Waals surface area contributed by atoms with Gasteiger partial charge in [-0.2, -0.15) is 0 Å². The van der Waals surface area contributed by atoms with Gasteiger partial charge >= 0.3 is 0 Å². The minimum absolute atomic E-state index is 1.17. The van der Waals surface area contributed by atoms with Crippen molar-refractivity contribution in [3.63, 3.8) is 0 Å². The van der Waals surface area contributed by atoms with Crippen LogP contribution in [0.15, 0.2) is 61.2 Å². The van der Waals surface area contributed by atoms with Gasteiger partial charge in [0.15, 0.2) is 0 Å². The summed E-state index contributed by atoms with van der Waals surface area (Å²) in [5.74, 6) is 0. The summed E-state index contributed by atoms with van der Waals surface area (Å²) in [4.78, 5) is 0. The van der Waals surface area contributed by atoms with Gasteiger partial charge in [-0.15, -0.1) is 0 Å². The summed E-state index contributed by atoms with van der Waals surface area (Å²) in [5.41, 5.74) is 4.93. The molecular weight excluding hydrogens is 252 g/mol. The van der Waals surface area contributed by atoms with E-state index in [0.717, 1.165) is 0 Å². The van der Waals surface area contributed by atoms with Crippen LogP contribution in [-0.4, -0.2) is 0 Å². The van der Waals surface area contributed by atoms with E-state index in [1.165, 1.54) is 33.0 Å². The number of rotatable bonds is 4. The van der Waals surface area contributed by atoms with Crippen molar-refractivity contribution in [1.82, 2.24) is 0 Å². The van der Waals surface area contributed by atoms with Gasteiger partial charge in [-0.25, -0.2) is 0 Å². The molecule has 0 saturated carbocycles. The van der Waals surface area contributed by atoms with Crippen molar-refractivity contribution < 1.29 is 0 Å². The first-order valence-electron chi connectivity index (χ1n) is 7.37. The van der Waals surface area contributed by atoms with E-state index < -0.39 is 0 Å². The van der Waals surface area contributed by atoms with Gasteiger partial charge in [-0.05, 0) is 59.9 Å². The molecule has 0 amide bonds. The van der Waals surface area contributed by atoms with Gasteiger partial charge in [0.1, 0.15) is 0 Å². The molecule has 0 aliphatic rings. The minimum Gasteiger partial charge on any atom is -0.0984 e. The number of fused-ring (bicyclic) bond motifs is 1. The Bertz CT molecular complexity index is 740. The third-order valence-electron chi connectivity index (χ3n) is 3.62. The molecule has 0 nitrogen and oxygen atoms in total. The first-order chi connectivity index (χ1) is 10.3. The van der Waals surface area contributed by atoms with E-state index in [-0.39, 0.29) is 0 Å². The summed E-state index contributed by atoms with van der Waals surface area (Å²) >= 11 is 0. The number of benzene rings is 2. The molecule has 0 unspecified atom stereocenters. The summed E-state index contributed by atoms with van der Waals surface area (Å²) < 4.78 is 0. The van der Waals surface area contributed by atoms with Crippen LogP contribution in [0.25, 0.3) is 28.5 Å². The fraction of sp³-hybridized carbons (Fsp3) is 0.143. The van der Waals surface area contributed by atoms with Crippen LogP contribution in [0, 0.1) is 0 Å². The van der Waals surface area contributed by atoms with Crippen LogP contribution in [0.1, 0.15) is 37.5 Å². The van der Waals surface area contributed by atoms with Crippen molar-refractivity contribution >= 4 is 28.5 Å². The van der Waals surface area contributed by atoms with Crippen molar-refractivity contribution in [2.75, 3.05) is 0 Å². The zero-order valence-electron chi connectivity index (χ0n) is 13.1. The highest BCUT2D eigenvalue weighted by Crippen LogP contribution is 2.33. The van der Waals surface area contributed by atoms with Crippen molar-refractivity contribution in [1.29, 1.82) is 0 Å². The van der Waals surface area contributed by atoms with E-state index in [0.29, 0.717) is 0 Å². The molecule has 0 saturated heterocycles. The molecule has 0 radical (unpaired) electrons. The Morgan fingerprint density at radius 2 is 1.81 bits per heavy atom. The summed E-state index contributed by atoms with van der Waals surface area (Å²) in [6.07, 6.45) is 12.6. The van der Waals surface area contributed by atoms with Gasteiger partial charge in [0.25, 0.3) is 0 Å². The highest BCUT2D eigenvalue weighted by Gasteiger charge is 2.11. The average molecular weight is 274 g/mol. The Morgan fingerprint density at radius 3 is 2.43 bits per heavy atom. The predicted molar refractivity (Wildman–Crippen MR) is 97.2 cm³/mol. The normalized spacial score (nSPS) is 12.6. The minimum atomic E-state index is 1.17. The maximum Gasteiger partial charge on any atom is -0.00304 e. The van der Waals surface area contributed by atoms with Crippen molar-refractivity contribution in [2.45, 2.75) is 20.8 Å². The van der Waals surface area contributed by atoms with Gasteiger partial charge in [-0.3, -0.25) is 0 Å². The summed E-state index contributed by atoms with van der Waals surface area (Å²) in [7, 11) is 0. The van der Waals surface area contributed by atoms with E-state index in [1.807, 2.05) is 6.08 Å².